The van der Waals surface area contributed by atoms with E-state index < -0.39 is 32.5 Å². The van der Waals surface area contributed by atoms with Gasteiger partial charge in [-0.1, -0.05) is 0 Å². The summed E-state index contributed by atoms with van der Waals surface area (Å²) in [5.74, 6) is -0.234. The summed E-state index contributed by atoms with van der Waals surface area (Å²) in [6.45, 7) is 3.06. The van der Waals surface area contributed by atoms with Crippen LogP contribution in [0, 0.1) is 19.7 Å². The molecule has 0 aliphatic carbocycles. The Hall–Kier alpha value is -1.87. The Kier molecular flexibility index (Phi) is 4.54. The lowest BCUT2D eigenvalue weighted by molar-refractivity contribution is -0.137. The van der Waals surface area contributed by atoms with Crippen LogP contribution < -0.4 is 4.72 Å². The molecule has 1 aromatic heterocycles. The Morgan fingerprint density at radius 2 is 1.83 bits per heavy atom. The van der Waals surface area contributed by atoms with Crippen molar-refractivity contribution < 1.29 is 30.4 Å². The van der Waals surface area contributed by atoms with Crippen molar-refractivity contribution in [3.8, 4) is 0 Å². The Morgan fingerprint density at radius 3 is 2.35 bits per heavy atom. The summed E-state index contributed by atoms with van der Waals surface area (Å²) in [7, 11) is -4.45. The van der Waals surface area contributed by atoms with Gasteiger partial charge in [-0.25, -0.2) is 17.5 Å². The van der Waals surface area contributed by atoms with Gasteiger partial charge in [0.15, 0.2) is 0 Å². The molecule has 0 aliphatic heterocycles. The van der Waals surface area contributed by atoms with E-state index in [4.69, 9.17) is 4.42 Å². The van der Waals surface area contributed by atoms with Crippen molar-refractivity contribution in [2.24, 2.45) is 0 Å². The van der Waals surface area contributed by atoms with Crippen LogP contribution in [0.1, 0.15) is 22.6 Å². The number of halogens is 4. The molecule has 2 rings (SSSR count). The lowest BCUT2D eigenvalue weighted by atomic mass is 10.2. The van der Waals surface area contributed by atoms with Gasteiger partial charge in [0, 0.05) is 12.1 Å². The van der Waals surface area contributed by atoms with Crippen LogP contribution in [-0.4, -0.2) is 8.42 Å². The topological polar surface area (TPSA) is 59.3 Å². The Balaban J connectivity index is 2.31. The molecule has 0 saturated carbocycles. The summed E-state index contributed by atoms with van der Waals surface area (Å²) in [4.78, 5) is -1.05. The minimum absolute atomic E-state index is 0.221. The highest BCUT2D eigenvalue weighted by molar-refractivity contribution is 7.89. The van der Waals surface area contributed by atoms with Gasteiger partial charge in [-0.05, 0) is 38.1 Å². The Labute approximate surface area is 130 Å². The molecule has 0 amide bonds. The molecule has 1 aromatic carbocycles. The molecule has 1 heterocycles. The van der Waals surface area contributed by atoms with Crippen LogP contribution in [0.2, 0.25) is 0 Å². The molecule has 23 heavy (non-hydrogen) atoms. The molecule has 2 aromatic rings. The molecule has 0 atom stereocenters. The molecule has 0 bridgehead atoms. The van der Waals surface area contributed by atoms with Gasteiger partial charge < -0.3 is 4.42 Å². The van der Waals surface area contributed by atoms with Crippen molar-refractivity contribution in [3.05, 3.63) is 52.7 Å². The number of benzene rings is 1. The normalized spacial score (nSPS) is 12.6. The van der Waals surface area contributed by atoms with Crippen molar-refractivity contribution in [1.29, 1.82) is 0 Å². The molecule has 0 saturated heterocycles. The molecule has 0 spiro atoms. The third-order valence-electron chi connectivity index (χ3n) is 3.14. The molecular weight excluding hydrogens is 338 g/mol. The maximum Gasteiger partial charge on any atom is 0.416 e. The van der Waals surface area contributed by atoms with E-state index in [1.54, 1.807) is 19.9 Å². The fourth-order valence-corrected chi connectivity index (χ4v) is 3.10. The van der Waals surface area contributed by atoms with Crippen molar-refractivity contribution in [3.63, 3.8) is 0 Å². The van der Waals surface area contributed by atoms with Crippen LogP contribution >= 0.6 is 0 Å². The van der Waals surface area contributed by atoms with Crippen LogP contribution in [0.4, 0.5) is 17.6 Å². The maximum absolute atomic E-state index is 13.7. The van der Waals surface area contributed by atoms with Crippen LogP contribution in [-0.2, 0) is 22.7 Å². The molecule has 4 nitrogen and oxygen atoms in total. The van der Waals surface area contributed by atoms with Crippen LogP contribution in [0.25, 0.3) is 0 Å². The SMILES string of the molecule is Cc1cc(CNS(=O)(=O)c2cc(C(F)(F)F)ccc2F)c(C)o1. The zero-order valence-electron chi connectivity index (χ0n) is 12.2. The second-order valence-electron chi connectivity index (χ2n) is 4.91. The highest BCUT2D eigenvalue weighted by Crippen LogP contribution is 2.31. The number of rotatable bonds is 4. The predicted molar refractivity (Wildman–Crippen MR) is 73.6 cm³/mol. The van der Waals surface area contributed by atoms with Crippen molar-refractivity contribution >= 4 is 10.0 Å². The monoisotopic (exact) mass is 351 g/mol. The summed E-state index contributed by atoms with van der Waals surface area (Å²) in [5.41, 5.74) is -0.729. The van der Waals surface area contributed by atoms with Crippen LogP contribution in [0.15, 0.2) is 33.6 Å². The number of furan rings is 1. The van der Waals surface area contributed by atoms with Gasteiger partial charge in [-0.3, -0.25) is 0 Å². The molecule has 126 valence electrons. The van der Waals surface area contributed by atoms with E-state index in [1.165, 1.54) is 0 Å². The van der Waals surface area contributed by atoms with Gasteiger partial charge in [0.25, 0.3) is 0 Å². The first-order chi connectivity index (χ1) is 10.5. The van der Waals surface area contributed by atoms with Crippen LogP contribution in [0.5, 0.6) is 0 Å². The van der Waals surface area contributed by atoms with E-state index in [2.05, 4.69) is 4.72 Å². The van der Waals surface area contributed by atoms with E-state index in [-0.39, 0.29) is 12.6 Å². The number of nitrogens with one attached hydrogen (secondary N) is 1. The van der Waals surface area contributed by atoms with E-state index in [9.17, 15) is 26.0 Å². The standard InChI is InChI=1S/C14H13F4NO3S/c1-8-5-10(9(2)22-8)7-19-23(20,21)13-6-11(14(16,17)18)3-4-12(13)15/h3-6,19H,7H2,1-2H3. The largest absolute Gasteiger partial charge is 0.466 e. The molecule has 0 unspecified atom stereocenters. The minimum Gasteiger partial charge on any atom is -0.466 e. The zero-order chi connectivity index (χ0) is 17.4. The highest BCUT2D eigenvalue weighted by Gasteiger charge is 2.33. The molecule has 0 aliphatic rings. The first kappa shape index (κ1) is 17.5. The number of sulfonamides is 1. The van der Waals surface area contributed by atoms with Crippen molar-refractivity contribution in [2.75, 3.05) is 0 Å². The van der Waals surface area contributed by atoms with Gasteiger partial charge in [-0.15, -0.1) is 0 Å². The summed E-state index contributed by atoms with van der Waals surface area (Å²) >= 11 is 0. The minimum atomic E-state index is -4.77. The number of alkyl halides is 3. The van der Waals surface area contributed by atoms with Crippen molar-refractivity contribution in [2.45, 2.75) is 31.5 Å². The fraction of sp³-hybridized carbons (Fsp3) is 0.286. The van der Waals surface area contributed by atoms with E-state index >= 15 is 0 Å². The maximum atomic E-state index is 13.7. The summed E-state index contributed by atoms with van der Waals surface area (Å²) < 4.78 is 83.0. The number of aryl methyl sites for hydroxylation is 2. The number of hydrogen-bond donors (Lipinski definition) is 1. The summed E-state index contributed by atoms with van der Waals surface area (Å²) in [5, 5.41) is 0. The van der Waals surface area contributed by atoms with E-state index in [0.29, 0.717) is 29.2 Å². The predicted octanol–water partition coefficient (Wildman–Crippen LogP) is 3.53. The van der Waals surface area contributed by atoms with Gasteiger partial charge in [0.05, 0.1) is 5.56 Å². The summed E-state index contributed by atoms with van der Waals surface area (Å²) in [6.07, 6.45) is -4.77. The van der Waals surface area contributed by atoms with Crippen LogP contribution in [0.3, 0.4) is 0 Å². The number of hydrogen-bond acceptors (Lipinski definition) is 3. The second kappa shape index (κ2) is 5.97. The Bertz CT molecular complexity index is 825. The molecule has 0 radical (unpaired) electrons. The average Bonchev–Trinajstić information content (AvgIpc) is 2.74. The molecule has 1 N–H and O–H groups in total. The first-order valence-electron chi connectivity index (χ1n) is 6.43. The van der Waals surface area contributed by atoms with Gasteiger partial charge in [0.1, 0.15) is 22.2 Å². The lowest BCUT2D eigenvalue weighted by Crippen LogP contribution is -2.25. The van der Waals surface area contributed by atoms with E-state index in [0.717, 1.165) is 0 Å². The molecular formula is C14H13F4NO3S. The highest BCUT2D eigenvalue weighted by atomic mass is 32.2. The third-order valence-corrected chi connectivity index (χ3v) is 4.56. The molecule has 9 heteroatoms. The smallest absolute Gasteiger partial charge is 0.416 e. The summed E-state index contributed by atoms with van der Waals surface area (Å²) in [6, 6.07) is 2.81. The quantitative estimate of drug-likeness (QED) is 0.858. The average molecular weight is 351 g/mol. The fourth-order valence-electron chi connectivity index (χ4n) is 2.00. The van der Waals surface area contributed by atoms with E-state index in [1.807, 2.05) is 0 Å². The lowest BCUT2D eigenvalue weighted by Gasteiger charge is -2.11. The third kappa shape index (κ3) is 3.91. The van der Waals surface area contributed by atoms with Gasteiger partial charge >= 0.3 is 6.18 Å². The second-order valence-corrected chi connectivity index (χ2v) is 6.64. The van der Waals surface area contributed by atoms with Crippen molar-refractivity contribution in [1.82, 2.24) is 4.72 Å². The van der Waals surface area contributed by atoms with Gasteiger partial charge in [0.2, 0.25) is 10.0 Å². The Morgan fingerprint density at radius 1 is 1.17 bits per heavy atom. The first-order valence-corrected chi connectivity index (χ1v) is 7.91. The van der Waals surface area contributed by atoms with Gasteiger partial charge in [-0.2, -0.15) is 13.2 Å². The molecule has 0 fully saturated rings. The zero-order valence-corrected chi connectivity index (χ0v) is 13.0.